The second-order valence-corrected chi connectivity index (χ2v) is 5.48. The van der Waals surface area contributed by atoms with E-state index >= 15 is 0 Å². The topological polar surface area (TPSA) is 68.7 Å². The van der Waals surface area contributed by atoms with E-state index in [0.29, 0.717) is 15.1 Å². The number of anilines is 2. The molecule has 0 radical (unpaired) electrons. The van der Waals surface area contributed by atoms with Crippen LogP contribution >= 0.6 is 27.5 Å². The summed E-state index contributed by atoms with van der Waals surface area (Å²) in [7, 11) is 0. The Labute approximate surface area is 128 Å². The highest BCUT2D eigenvalue weighted by molar-refractivity contribution is 9.10. The Kier molecular flexibility index (Phi) is 3.52. The van der Waals surface area contributed by atoms with Gasteiger partial charge in [0.25, 0.3) is 0 Å². The Morgan fingerprint density at radius 1 is 1.15 bits per heavy atom. The highest BCUT2D eigenvalue weighted by Gasteiger charge is 2.09. The third-order valence-corrected chi connectivity index (χ3v) is 3.63. The minimum absolute atomic E-state index is 0.112. The molecule has 5 nitrogen and oxygen atoms in total. The number of phenols is 1. The smallest absolute Gasteiger partial charge is 0.138 e. The molecule has 1 aliphatic heterocycles. The fourth-order valence-electron chi connectivity index (χ4n) is 1.82. The second-order valence-electron chi connectivity index (χ2n) is 4.19. The first-order chi connectivity index (χ1) is 9.63. The maximum atomic E-state index is 9.93. The summed E-state index contributed by atoms with van der Waals surface area (Å²) in [6.45, 7) is 0. The highest BCUT2D eigenvalue weighted by Crippen LogP contribution is 2.32. The lowest BCUT2D eigenvalue weighted by Crippen LogP contribution is -2.19. The summed E-state index contributed by atoms with van der Waals surface area (Å²) in [4.78, 5) is 4.34. The first-order valence-corrected chi connectivity index (χ1v) is 6.94. The van der Waals surface area contributed by atoms with E-state index in [9.17, 15) is 5.11 Å². The number of hydrazine groups is 2. The predicted octanol–water partition coefficient (Wildman–Crippen LogP) is 3.82. The van der Waals surface area contributed by atoms with Crippen molar-refractivity contribution in [1.82, 2.24) is 5.53 Å². The lowest BCUT2D eigenvalue weighted by Gasteiger charge is -2.03. The zero-order chi connectivity index (χ0) is 14.1. The zero-order valence-corrected chi connectivity index (χ0v) is 12.5. The number of nitrogens with one attached hydrogen (secondary N) is 3. The number of rotatable bonds is 2. The highest BCUT2D eigenvalue weighted by atomic mass is 79.9. The molecule has 0 unspecified atom stereocenters. The van der Waals surface area contributed by atoms with Crippen LogP contribution in [0.4, 0.5) is 17.1 Å². The largest absolute Gasteiger partial charge is 0.506 e. The van der Waals surface area contributed by atoms with Gasteiger partial charge in [-0.3, -0.25) is 4.99 Å². The molecule has 0 bridgehead atoms. The van der Waals surface area contributed by atoms with Crippen LogP contribution in [0.25, 0.3) is 0 Å². The molecule has 0 atom stereocenters. The van der Waals surface area contributed by atoms with Crippen LogP contribution in [-0.4, -0.2) is 11.3 Å². The van der Waals surface area contributed by atoms with Crippen molar-refractivity contribution in [2.24, 2.45) is 4.99 Å². The summed E-state index contributed by atoms with van der Waals surface area (Å²) in [5.41, 5.74) is 11.9. The molecule has 0 spiro atoms. The summed E-state index contributed by atoms with van der Waals surface area (Å²) in [6.07, 6.45) is 1.57. The molecule has 4 N–H and O–H groups in total. The van der Waals surface area contributed by atoms with E-state index in [2.05, 4.69) is 37.3 Å². The zero-order valence-electron chi connectivity index (χ0n) is 10.1. The van der Waals surface area contributed by atoms with E-state index in [-0.39, 0.29) is 5.75 Å². The van der Waals surface area contributed by atoms with E-state index in [0.717, 1.165) is 17.1 Å². The number of phenolic OH excluding ortho intramolecular Hbond substituents is 1. The quantitative estimate of drug-likeness (QED) is 0.620. The molecule has 0 amide bonds. The van der Waals surface area contributed by atoms with Crippen molar-refractivity contribution in [1.29, 1.82) is 0 Å². The van der Waals surface area contributed by atoms with Gasteiger partial charge in [-0.2, -0.15) is 0 Å². The van der Waals surface area contributed by atoms with Gasteiger partial charge in [-0.1, -0.05) is 11.6 Å². The molecule has 3 rings (SSSR count). The van der Waals surface area contributed by atoms with Gasteiger partial charge in [-0.25, -0.2) is 0 Å². The van der Waals surface area contributed by atoms with E-state index in [1.165, 1.54) is 0 Å². The van der Waals surface area contributed by atoms with Crippen molar-refractivity contribution in [2.75, 3.05) is 10.9 Å². The van der Waals surface area contributed by atoms with E-state index in [1.54, 1.807) is 18.3 Å². The Bertz CT molecular complexity index is 705. The number of aliphatic imine (C=N–C) groups is 1. The van der Waals surface area contributed by atoms with Crippen LogP contribution in [-0.2, 0) is 0 Å². The lowest BCUT2D eigenvalue weighted by molar-refractivity contribution is 0.471. The van der Waals surface area contributed by atoms with Crippen molar-refractivity contribution in [3.8, 4) is 5.75 Å². The Balaban J connectivity index is 1.91. The third kappa shape index (κ3) is 2.58. The van der Waals surface area contributed by atoms with Crippen LogP contribution in [0.2, 0.25) is 5.02 Å². The fraction of sp³-hybridized carbons (Fsp3) is 0. The van der Waals surface area contributed by atoms with Gasteiger partial charge in [0, 0.05) is 16.8 Å². The number of aromatic hydroxyl groups is 1. The molecule has 1 aliphatic rings. The van der Waals surface area contributed by atoms with Gasteiger partial charge in [-0.05, 0) is 46.3 Å². The van der Waals surface area contributed by atoms with Crippen molar-refractivity contribution in [3.63, 3.8) is 0 Å². The molecule has 2 aromatic carbocycles. The summed E-state index contributed by atoms with van der Waals surface area (Å²) in [6, 6.07) is 8.94. The van der Waals surface area contributed by atoms with Crippen LogP contribution in [0.3, 0.4) is 0 Å². The molecule has 0 aromatic heterocycles. The van der Waals surface area contributed by atoms with Gasteiger partial charge in [0.2, 0.25) is 0 Å². The minimum Gasteiger partial charge on any atom is -0.506 e. The summed E-state index contributed by atoms with van der Waals surface area (Å²) in [5.74, 6) is 0.112. The molecule has 2 aromatic rings. The Hall–Kier alpha value is -1.76. The van der Waals surface area contributed by atoms with E-state index < -0.39 is 0 Å². The number of hydrogen-bond donors (Lipinski definition) is 4. The number of fused-ring (bicyclic) bond motifs is 1. The minimum atomic E-state index is 0.112. The number of hydrogen-bond acceptors (Lipinski definition) is 5. The summed E-state index contributed by atoms with van der Waals surface area (Å²) < 4.78 is 0.537. The van der Waals surface area contributed by atoms with Gasteiger partial charge in [0.15, 0.2) is 0 Å². The number of benzene rings is 2. The van der Waals surface area contributed by atoms with Gasteiger partial charge < -0.3 is 16.0 Å². The fourth-order valence-corrected chi connectivity index (χ4v) is 2.65. The van der Waals surface area contributed by atoms with Gasteiger partial charge in [0.1, 0.15) is 5.75 Å². The average Bonchev–Trinajstić information content (AvgIpc) is 2.88. The van der Waals surface area contributed by atoms with E-state index in [1.807, 2.05) is 18.2 Å². The summed E-state index contributed by atoms with van der Waals surface area (Å²) >= 11 is 9.19. The standard InChI is InChI=1S/C13H10BrClN4O/c14-10-4-8(15)3-7(13(10)20)6-16-9-1-2-11-12(5-9)18-19-17-11/h1-6,17-20H/b16-6+. The monoisotopic (exact) mass is 352 g/mol. The van der Waals surface area contributed by atoms with Gasteiger partial charge >= 0.3 is 0 Å². The van der Waals surface area contributed by atoms with E-state index in [4.69, 9.17) is 11.6 Å². The number of nitrogens with zero attached hydrogens (tertiary/aromatic N) is 1. The SMILES string of the molecule is Oc1c(Br)cc(Cl)cc1/C=N/c1ccc2c(c1)NNN2. The molecule has 0 saturated carbocycles. The lowest BCUT2D eigenvalue weighted by atomic mass is 10.2. The van der Waals surface area contributed by atoms with Crippen molar-refractivity contribution in [3.05, 3.63) is 45.4 Å². The Morgan fingerprint density at radius 3 is 2.80 bits per heavy atom. The molecule has 0 aliphatic carbocycles. The number of halogens is 2. The third-order valence-electron chi connectivity index (χ3n) is 2.81. The molecule has 0 saturated heterocycles. The first kappa shape index (κ1) is 13.2. The molecule has 1 heterocycles. The second kappa shape index (κ2) is 5.32. The maximum absolute atomic E-state index is 9.93. The Morgan fingerprint density at radius 2 is 1.95 bits per heavy atom. The molecule has 7 heteroatoms. The van der Waals surface area contributed by atoms with Crippen LogP contribution in [0, 0.1) is 0 Å². The van der Waals surface area contributed by atoms with Crippen LogP contribution in [0.15, 0.2) is 39.8 Å². The van der Waals surface area contributed by atoms with Gasteiger partial charge in [0.05, 0.1) is 21.5 Å². The van der Waals surface area contributed by atoms with Gasteiger partial charge in [-0.15, -0.1) is 5.53 Å². The normalized spacial score (nSPS) is 13.1. The average molecular weight is 354 g/mol. The molecule has 102 valence electrons. The van der Waals surface area contributed by atoms with Crippen LogP contribution < -0.4 is 16.4 Å². The first-order valence-electron chi connectivity index (χ1n) is 5.76. The van der Waals surface area contributed by atoms with Crippen molar-refractivity contribution in [2.45, 2.75) is 0 Å². The molecule has 20 heavy (non-hydrogen) atoms. The van der Waals surface area contributed by atoms with Crippen molar-refractivity contribution >= 4 is 50.8 Å². The maximum Gasteiger partial charge on any atom is 0.138 e. The van der Waals surface area contributed by atoms with Crippen LogP contribution in [0.1, 0.15) is 5.56 Å². The molecular formula is C13H10BrClN4O. The van der Waals surface area contributed by atoms with Crippen molar-refractivity contribution < 1.29 is 5.11 Å². The molecular weight excluding hydrogens is 344 g/mol. The van der Waals surface area contributed by atoms with Crippen LogP contribution in [0.5, 0.6) is 5.75 Å². The molecule has 0 fully saturated rings. The predicted molar refractivity (Wildman–Crippen MR) is 84.9 cm³/mol. The summed E-state index contributed by atoms with van der Waals surface area (Å²) in [5, 5.41) is 10.5.